The Morgan fingerprint density at radius 1 is 1.35 bits per heavy atom. The highest BCUT2D eigenvalue weighted by Gasteiger charge is 2.50. The van der Waals surface area contributed by atoms with Crippen LogP contribution in [0.15, 0.2) is 0 Å². The first-order chi connectivity index (χ1) is 9.51. The van der Waals surface area contributed by atoms with Crippen LogP contribution in [0.25, 0.3) is 0 Å². The van der Waals surface area contributed by atoms with Crippen molar-refractivity contribution in [3.8, 4) is 0 Å². The van der Waals surface area contributed by atoms with Crippen LogP contribution in [0.4, 0.5) is 0 Å². The van der Waals surface area contributed by atoms with E-state index in [0.717, 1.165) is 6.42 Å². The fourth-order valence-electron chi connectivity index (χ4n) is 3.03. The third-order valence-electron chi connectivity index (χ3n) is 4.07. The van der Waals surface area contributed by atoms with Crippen molar-refractivity contribution in [1.82, 2.24) is 9.80 Å². The van der Waals surface area contributed by atoms with Crippen LogP contribution in [-0.4, -0.2) is 71.6 Å². The molecule has 0 aliphatic carbocycles. The van der Waals surface area contributed by atoms with Crippen molar-refractivity contribution in [2.24, 2.45) is 0 Å². The van der Waals surface area contributed by atoms with Crippen molar-refractivity contribution >= 4 is 17.8 Å². The molecule has 0 spiro atoms. The van der Waals surface area contributed by atoms with Crippen LogP contribution < -0.4 is 0 Å². The van der Waals surface area contributed by atoms with Gasteiger partial charge in [-0.3, -0.25) is 9.59 Å². The molecule has 0 aromatic heterocycles. The van der Waals surface area contributed by atoms with Crippen molar-refractivity contribution in [1.29, 1.82) is 0 Å². The second kappa shape index (κ2) is 5.78. The van der Waals surface area contributed by atoms with Crippen LogP contribution in [0.3, 0.4) is 0 Å². The van der Waals surface area contributed by atoms with E-state index in [-0.39, 0.29) is 25.0 Å². The molecule has 7 nitrogen and oxygen atoms in total. The molecule has 2 aliphatic heterocycles. The van der Waals surface area contributed by atoms with Crippen molar-refractivity contribution in [3.63, 3.8) is 0 Å². The molecule has 0 bridgehead atoms. The fourth-order valence-corrected chi connectivity index (χ4v) is 3.03. The van der Waals surface area contributed by atoms with E-state index < -0.39 is 11.5 Å². The third kappa shape index (κ3) is 2.49. The number of ether oxygens (including phenoxy) is 1. The number of methoxy groups -OCH3 is 1. The minimum absolute atomic E-state index is 0.0258. The Balaban J connectivity index is 2.10. The number of rotatable bonds is 5. The summed E-state index contributed by atoms with van der Waals surface area (Å²) in [5, 5.41) is 9.47. The molecule has 7 heteroatoms. The Morgan fingerprint density at radius 3 is 2.65 bits per heavy atom. The largest absolute Gasteiger partial charge is 0.479 e. The van der Waals surface area contributed by atoms with Crippen molar-refractivity contribution in [2.75, 3.05) is 33.4 Å². The predicted octanol–water partition coefficient (Wildman–Crippen LogP) is -0.299. The number of hydrogen-bond acceptors (Lipinski definition) is 4. The molecule has 0 aromatic rings. The third-order valence-corrected chi connectivity index (χ3v) is 4.07. The van der Waals surface area contributed by atoms with E-state index in [1.54, 1.807) is 0 Å². The average Bonchev–Trinajstić information content (AvgIpc) is 2.98. The summed E-state index contributed by atoms with van der Waals surface area (Å²) >= 11 is 0. The summed E-state index contributed by atoms with van der Waals surface area (Å²) < 4.78 is 5.01. The number of carboxylic acid groups (broad SMARTS) is 1. The molecule has 20 heavy (non-hydrogen) atoms. The Morgan fingerprint density at radius 2 is 2.10 bits per heavy atom. The summed E-state index contributed by atoms with van der Waals surface area (Å²) in [6, 6.07) is 0. The summed E-state index contributed by atoms with van der Waals surface area (Å²) in [5.41, 5.74) is -1.28. The average molecular weight is 284 g/mol. The van der Waals surface area contributed by atoms with E-state index in [9.17, 15) is 19.5 Å². The highest BCUT2D eigenvalue weighted by molar-refractivity contribution is 5.91. The molecule has 112 valence electrons. The summed E-state index contributed by atoms with van der Waals surface area (Å²) in [6.45, 7) is 0.916. The summed E-state index contributed by atoms with van der Waals surface area (Å²) in [7, 11) is 1.43. The van der Waals surface area contributed by atoms with Gasteiger partial charge in [-0.05, 0) is 19.3 Å². The lowest BCUT2D eigenvalue weighted by atomic mass is 9.97. The number of hydrogen-bond donors (Lipinski definition) is 1. The highest BCUT2D eigenvalue weighted by atomic mass is 16.5. The zero-order valence-electron chi connectivity index (χ0n) is 11.6. The van der Waals surface area contributed by atoms with Gasteiger partial charge in [0.25, 0.3) is 0 Å². The lowest BCUT2D eigenvalue weighted by molar-refractivity contribution is -0.160. The summed E-state index contributed by atoms with van der Waals surface area (Å²) in [6.07, 6.45) is 2.24. The molecular formula is C13H20N2O5. The van der Waals surface area contributed by atoms with Gasteiger partial charge in [-0.25, -0.2) is 4.79 Å². The number of carboxylic acids is 1. The molecule has 2 amide bonds. The molecule has 2 aliphatic rings. The van der Waals surface area contributed by atoms with Crippen molar-refractivity contribution in [2.45, 2.75) is 31.2 Å². The monoisotopic (exact) mass is 284 g/mol. The topological polar surface area (TPSA) is 87.2 Å². The first-order valence-corrected chi connectivity index (χ1v) is 6.82. The minimum Gasteiger partial charge on any atom is -0.479 e. The quantitative estimate of drug-likeness (QED) is 0.749. The molecule has 1 N–H and O–H groups in total. The first-order valence-electron chi connectivity index (χ1n) is 6.82. The Labute approximate surface area is 117 Å². The Hall–Kier alpha value is -1.63. The maximum Gasteiger partial charge on any atom is 0.332 e. The molecule has 2 fully saturated rings. The molecular weight excluding hydrogens is 264 g/mol. The summed E-state index contributed by atoms with van der Waals surface area (Å²) in [4.78, 5) is 38.4. The molecule has 2 rings (SSSR count). The number of carbonyl (C=O) groups excluding carboxylic acids is 2. The SMILES string of the molecule is COCC1(C(=O)O)CCCN1C(=O)CN1CCCC1=O. The van der Waals surface area contributed by atoms with Crippen LogP contribution in [0, 0.1) is 0 Å². The second-order valence-electron chi connectivity index (χ2n) is 5.34. The minimum atomic E-state index is -1.28. The van der Waals surface area contributed by atoms with Gasteiger partial charge in [-0.15, -0.1) is 0 Å². The van der Waals surface area contributed by atoms with Gasteiger partial charge in [0.2, 0.25) is 11.8 Å². The van der Waals surface area contributed by atoms with E-state index >= 15 is 0 Å². The number of likely N-dealkylation sites (tertiary alicyclic amines) is 2. The fraction of sp³-hybridized carbons (Fsp3) is 0.769. The van der Waals surface area contributed by atoms with Crippen LogP contribution in [-0.2, 0) is 19.1 Å². The van der Waals surface area contributed by atoms with Crippen molar-refractivity contribution < 1.29 is 24.2 Å². The molecule has 1 atom stereocenters. The number of aliphatic carboxylic acids is 1. The maximum absolute atomic E-state index is 12.4. The van der Waals surface area contributed by atoms with Gasteiger partial charge in [0, 0.05) is 26.6 Å². The lowest BCUT2D eigenvalue weighted by Crippen LogP contribution is -2.58. The van der Waals surface area contributed by atoms with Gasteiger partial charge in [0.15, 0.2) is 5.54 Å². The normalized spacial score (nSPS) is 26.4. The molecule has 0 radical (unpaired) electrons. The molecule has 0 aromatic carbocycles. The van der Waals surface area contributed by atoms with Gasteiger partial charge in [-0.2, -0.15) is 0 Å². The zero-order valence-corrected chi connectivity index (χ0v) is 11.6. The smallest absolute Gasteiger partial charge is 0.332 e. The van der Waals surface area contributed by atoms with E-state index in [1.807, 2.05) is 0 Å². The van der Waals surface area contributed by atoms with Gasteiger partial charge >= 0.3 is 5.97 Å². The van der Waals surface area contributed by atoms with Crippen LogP contribution in [0.1, 0.15) is 25.7 Å². The van der Waals surface area contributed by atoms with Crippen LogP contribution in [0.2, 0.25) is 0 Å². The molecule has 2 saturated heterocycles. The van der Waals surface area contributed by atoms with Crippen LogP contribution >= 0.6 is 0 Å². The zero-order chi connectivity index (χ0) is 14.8. The van der Waals surface area contributed by atoms with Gasteiger partial charge in [0.1, 0.15) is 0 Å². The highest BCUT2D eigenvalue weighted by Crippen LogP contribution is 2.30. The van der Waals surface area contributed by atoms with E-state index in [1.165, 1.54) is 16.9 Å². The van der Waals surface area contributed by atoms with Gasteiger partial charge in [0.05, 0.1) is 13.2 Å². The van der Waals surface area contributed by atoms with E-state index in [4.69, 9.17) is 4.74 Å². The molecule has 1 unspecified atom stereocenters. The predicted molar refractivity (Wildman–Crippen MR) is 69.0 cm³/mol. The lowest BCUT2D eigenvalue weighted by Gasteiger charge is -2.35. The number of amides is 2. The second-order valence-corrected chi connectivity index (χ2v) is 5.34. The standard InChI is InChI=1S/C13H20N2O5/c1-20-9-13(12(18)19)5-3-7-15(13)11(17)8-14-6-2-4-10(14)16/h2-9H2,1H3,(H,18,19). The Kier molecular flexibility index (Phi) is 4.27. The molecule has 0 saturated carbocycles. The number of carbonyl (C=O) groups is 3. The number of nitrogens with zero attached hydrogens (tertiary/aromatic N) is 2. The first kappa shape index (κ1) is 14.8. The Bertz CT molecular complexity index is 425. The molecule has 2 heterocycles. The van der Waals surface area contributed by atoms with Gasteiger partial charge < -0.3 is 19.6 Å². The maximum atomic E-state index is 12.4. The summed E-state index contributed by atoms with van der Waals surface area (Å²) in [5.74, 6) is -1.39. The van der Waals surface area contributed by atoms with Crippen LogP contribution in [0.5, 0.6) is 0 Å². The van der Waals surface area contributed by atoms with Crippen molar-refractivity contribution in [3.05, 3.63) is 0 Å². The van der Waals surface area contributed by atoms with Gasteiger partial charge in [-0.1, -0.05) is 0 Å². The van der Waals surface area contributed by atoms with E-state index in [2.05, 4.69) is 0 Å². The van der Waals surface area contributed by atoms with E-state index in [0.29, 0.717) is 32.4 Å².